The molecular weight excluding hydrogens is 410 g/mol. The first-order chi connectivity index (χ1) is 15.1. The summed E-state index contributed by atoms with van der Waals surface area (Å²) >= 11 is 1.60. The van der Waals surface area contributed by atoms with Crippen molar-refractivity contribution in [3.63, 3.8) is 0 Å². The van der Waals surface area contributed by atoms with Gasteiger partial charge >= 0.3 is 0 Å². The Morgan fingerprint density at radius 2 is 1.84 bits per heavy atom. The summed E-state index contributed by atoms with van der Waals surface area (Å²) in [5, 5.41) is 2.93. The number of rotatable bonds is 6. The summed E-state index contributed by atoms with van der Waals surface area (Å²) in [5.41, 5.74) is 3.26. The fourth-order valence-electron chi connectivity index (χ4n) is 4.10. The SMILES string of the molecule is COc1ccc(N2CCN(C(=O)CCS[C@H]3CCc4ccccc4NC3=O)CC2)cc1. The normalized spacial score (nSPS) is 18.7. The Bertz CT molecular complexity index is 911. The van der Waals surface area contributed by atoms with Gasteiger partial charge in [0.1, 0.15) is 5.75 Å². The second-order valence-electron chi connectivity index (χ2n) is 7.86. The van der Waals surface area contributed by atoms with E-state index in [1.807, 2.05) is 35.2 Å². The van der Waals surface area contributed by atoms with Crippen molar-refractivity contribution in [1.29, 1.82) is 0 Å². The zero-order chi connectivity index (χ0) is 21.6. The standard InChI is InChI=1S/C24H29N3O3S/c1-30-20-9-7-19(8-10-20)26-13-15-27(16-14-26)23(28)12-17-31-22-11-6-18-4-2-3-5-21(18)25-24(22)29/h2-5,7-10,22H,6,11-17H2,1H3,(H,25,29)/t22-/m0/s1. The van der Waals surface area contributed by atoms with Crippen LogP contribution in [0.4, 0.5) is 11.4 Å². The van der Waals surface area contributed by atoms with E-state index in [1.165, 1.54) is 5.56 Å². The van der Waals surface area contributed by atoms with Crippen molar-refractivity contribution in [2.45, 2.75) is 24.5 Å². The van der Waals surface area contributed by atoms with E-state index >= 15 is 0 Å². The van der Waals surface area contributed by atoms with Crippen LogP contribution < -0.4 is 15.0 Å². The largest absolute Gasteiger partial charge is 0.497 e. The Morgan fingerprint density at radius 3 is 2.58 bits per heavy atom. The number of anilines is 2. The molecule has 0 aliphatic carbocycles. The fourth-order valence-corrected chi connectivity index (χ4v) is 5.18. The van der Waals surface area contributed by atoms with Crippen molar-refractivity contribution in [2.24, 2.45) is 0 Å². The molecule has 164 valence electrons. The molecule has 7 heteroatoms. The van der Waals surface area contributed by atoms with Crippen molar-refractivity contribution in [2.75, 3.05) is 49.3 Å². The van der Waals surface area contributed by atoms with E-state index in [4.69, 9.17) is 4.74 Å². The fraction of sp³-hybridized carbons (Fsp3) is 0.417. The van der Waals surface area contributed by atoms with E-state index in [2.05, 4.69) is 28.4 Å². The zero-order valence-corrected chi connectivity index (χ0v) is 18.7. The predicted octanol–water partition coefficient (Wildman–Crippen LogP) is 3.42. The van der Waals surface area contributed by atoms with E-state index < -0.39 is 0 Å². The highest BCUT2D eigenvalue weighted by atomic mass is 32.2. The Labute approximate surface area is 187 Å². The molecule has 0 saturated carbocycles. The van der Waals surface area contributed by atoms with E-state index in [0.717, 1.165) is 56.1 Å². The second-order valence-corrected chi connectivity index (χ2v) is 9.17. The van der Waals surface area contributed by atoms with Gasteiger partial charge in [-0.15, -0.1) is 11.8 Å². The van der Waals surface area contributed by atoms with Crippen LogP contribution >= 0.6 is 11.8 Å². The number of carbonyl (C=O) groups excluding carboxylic acids is 2. The molecule has 0 bridgehead atoms. The molecule has 0 unspecified atom stereocenters. The van der Waals surface area contributed by atoms with Gasteiger partial charge in [0.15, 0.2) is 0 Å². The maximum atomic E-state index is 12.7. The zero-order valence-electron chi connectivity index (χ0n) is 17.9. The van der Waals surface area contributed by atoms with Crippen molar-refractivity contribution in [1.82, 2.24) is 4.90 Å². The average Bonchev–Trinajstić information content (AvgIpc) is 2.97. The van der Waals surface area contributed by atoms with Crippen LogP contribution in [0.3, 0.4) is 0 Å². The first-order valence-electron chi connectivity index (χ1n) is 10.8. The molecule has 1 fully saturated rings. The van der Waals surface area contributed by atoms with Gasteiger partial charge in [-0.25, -0.2) is 0 Å². The van der Waals surface area contributed by atoms with Gasteiger partial charge < -0.3 is 19.9 Å². The topological polar surface area (TPSA) is 61.9 Å². The third-order valence-corrected chi connectivity index (χ3v) is 7.24. The lowest BCUT2D eigenvalue weighted by Gasteiger charge is -2.36. The molecule has 1 saturated heterocycles. The number of nitrogens with one attached hydrogen (secondary N) is 1. The van der Waals surface area contributed by atoms with Gasteiger partial charge in [0.05, 0.1) is 12.4 Å². The Balaban J connectivity index is 1.20. The molecule has 2 aromatic carbocycles. The summed E-state index contributed by atoms with van der Waals surface area (Å²) in [5.74, 6) is 1.75. The monoisotopic (exact) mass is 439 g/mol. The number of hydrogen-bond acceptors (Lipinski definition) is 5. The number of methoxy groups -OCH3 is 1. The Hall–Kier alpha value is -2.67. The molecule has 1 N–H and O–H groups in total. The number of benzene rings is 2. The lowest BCUT2D eigenvalue weighted by Crippen LogP contribution is -2.48. The number of para-hydroxylation sites is 1. The van der Waals surface area contributed by atoms with Crippen molar-refractivity contribution in [3.8, 4) is 5.75 Å². The maximum absolute atomic E-state index is 12.7. The first kappa shape index (κ1) is 21.6. The summed E-state index contributed by atoms with van der Waals surface area (Å²) in [7, 11) is 1.67. The maximum Gasteiger partial charge on any atom is 0.237 e. The number of fused-ring (bicyclic) bond motifs is 1. The van der Waals surface area contributed by atoms with Crippen LogP contribution in [0.15, 0.2) is 48.5 Å². The molecule has 2 aromatic rings. The molecule has 6 nitrogen and oxygen atoms in total. The molecular formula is C24H29N3O3S. The molecule has 2 aliphatic rings. The number of aryl methyl sites for hydroxylation is 1. The second kappa shape index (κ2) is 10.1. The van der Waals surface area contributed by atoms with Crippen LogP contribution in [0.5, 0.6) is 5.75 Å². The van der Waals surface area contributed by atoms with Gasteiger partial charge in [-0.2, -0.15) is 0 Å². The Morgan fingerprint density at radius 1 is 1.10 bits per heavy atom. The molecule has 2 amide bonds. The molecule has 2 aliphatic heterocycles. The summed E-state index contributed by atoms with van der Waals surface area (Å²) < 4.78 is 5.22. The van der Waals surface area contributed by atoms with Crippen LogP contribution in [0.25, 0.3) is 0 Å². The molecule has 1 atom stereocenters. The minimum Gasteiger partial charge on any atom is -0.497 e. The van der Waals surface area contributed by atoms with E-state index in [1.54, 1.807) is 18.9 Å². The van der Waals surface area contributed by atoms with Crippen molar-refractivity contribution in [3.05, 3.63) is 54.1 Å². The van der Waals surface area contributed by atoms with Crippen molar-refractivity contribution < 1.29 is 14.3 Å². The summed E-state index contributed by atoms with van der Waals surface area (Å²) in [6, 6.07) is 16.0. The Kier molecular flexibility index (Phi) is 7.02. The minimum absolute atomic E-state index is 0.0514. The first-order valence-corrected chi connectivity index (χ1v) is 11.9. The summed E-state index contributed by atoms with van der Waals surface area (Å²) in [6.07, 6.45) is 2.17. The highest BCUT2D eigenvalue weighted by Crippen LogP contribution is 2.27. The summed E-state index contributed by atoms with van der Waals surface area (Å²) in [4.78, 5) is 29.4. The minimum atomic E-state index is -0.105. The number of thioether (sulfide) groups is 1. The van der Waals surface area contributed by atoms with Gasteiger partial charge in [0.25, 0.3) is 0 Å². The van der Waals surface area contributed by atoms with Crippen LogP contribution in [0.2, 0.25) is 0 Å². The molecule has 0 aromatic heterocycles. The van der Waals surface area contributed by atoms with Crippen LogP contribution in [0.1, 0.15) is 18.4 Å². The number of ether oxygens (including phenoxy) is 1. The molecule has 31 heavy (non-hydrogen) atoms. The van der Waals surface area contributed by atoms with E-state index in [-0.39, 0.29) is 17.1 Å². The number of amides is 2. The average molecular weight is 440 g/mol. The van der Waals surface area contributed by atoms with Gasteiger partial charge in [-0.1, -0.05) is 18.2 Å². The molecule has 0 radical (unpaired) electrons. The smallest absolute Gasteiger partial charge is 0.237 e. The third kappa shape index (κ3) is 5.34. The molecule has 0 spiro atoms. The third-order valence-electron chi connectivity index (χ3n) is 5.95. The van der Waals surface area contributed by atoms with E-state index in [9.17, 15) is 9.59 Å². The lowest BCUT2D eigenvalue weighted by atomic mass is 10.1. The number of piperazine rings is 1. The highest BCUT2D eigenvalue weighted by molar-refractivity contribution is 8.00. The highest BCUT2D eigenvalue weighted by Gasteiger charge is 2.25. The van der Waals surface area contributed by atoms with Crippen LogP contribution in [-0.2, 0) is 16.0 Å². The number of hydrogen-bond donors (Lipinski definition) is 1. The van der Waals surface area contributed by atoms with Gasteiger partial charge in [-0.3, -0.25) is 9.59 Å². The van der Waals surface area contributed by atoms with Crippen molar-refractivity contribution >= 4 is 35.0 Å². The lowest BCUT2D eigenvalue weighted by molar-refractivity contribution is -0.131. The molecule has 4 rings (SSSR count). The van der Waals surface area contributed by atoms with Gasteiger partial charge in [0, 0.05) is 49.7 Å². The van der Waals surface area contributed by atoms with Gasteiger partial charge in [0.2, 0.25) is 11.8 Å². The van der Waals surface area contributed by atoms with E-state index in [0.29, 0.717) is 12.2 Å². The number of carbonyl (C=O) groups is 2. The van der Waals surface area contributed by atoms with Crippen LogP contribution in [0, 0.1) is 0 Å². The number of nitrogens with zero attached hydrogens (tertiary/aromatic N) is 2. The predicted molar refractivity (Wildman–Crippen MR) is 126 cm³/mol. The van der Waals surface area contributed by atoms with Crippen LogP contribution in [-0.4, -0.2) is 61.0 Å². The quantitative estimate of drug-likeness (QED) is 0.747. The van der Waals surface area contributed by atoms with Gasteiger partial charge in [-0.05, 0) is 48.7 Å². The molecule has 2 heterocycles. The summed E-state index contributed by atoms with van der Waals surface area (Å²) in [6.45, 7) is 3.12.